The third-order valence-electron chi connectivity index (χ3n) is 3.72. The fourth-order valence-electron chi connectivity index (χ4n) is 2.41. The van der Waals surface area contributed by atoms with Crippen LogP contribution in [0, 0.1) is 0 Å². The van der Waals surface area contributed by atoms with Crippen molar-refractivity contribution in [1.82, 2.24) is 4.90 Å². The summed E-state index contributed by atoms with van der Waals surface area (Å²) in [4.78, 5) is 16.4. The van der Waals surface area contributed by atoms with E-state index >= 15 is 0 Å². The summed E-state index contributed by atoms with van der Waals surface area (Å²) in [6.07, 6.45) is 0.776. The molecule has 1 aromatic carbocycles. The molecule has 4 heteroatoms. The van der Waals surface area contributed by atoms with Gasteiger partial charge in [0.25, 0.3) is 0 Å². The molecule has 118 valence electrons. The highest BCUT2D eigenvalue weighted by Crippen LogP contribution is 2.15. The number of hydrogen-bond donors (Lipinski definition) is 0. The fourth-order valence-corrected chi connectivity index (χ4v) is 2.41. The SMILES string of the molecule is CCC(C(=O)OCc1cccc(N(C)C)c1)N(CC)CC. The molecule has 0 heterocycles. The van der Waals surface area contributed by atoms with Gasteiger partial charge in [-0.15, -0.1) is 0 Å². The summed E-state index contributed by atoms with van der Waals surface area (Å²) in [7, 11) is 4.00. The Balaban J connectivity index is 2.65. The zero-order valence-electron chi connectivity index (χ0n) is 13.9. The van der Waals surface area contributed by atoms with Crippen molar-refractivity contribution in [3.63, 3.8) is 0 Å². The molecule has 0 spiro atoms. The van der Waals surface area contributed by atoms with E-state index in [0.717, 1.165) is 30.8 Å². The summed E-state index contributed by atoms with van der Waals surface area (Å²) < 4.78 is 5.50. The van der Waals surface area contributed by atoms with Crippen molar-refractivity contribution >= 4 is 11.7 Å². The predicted octanol–water partition coefficient (Wildman–Crippen LogP) is 2.92. The van der Waals surface area contributed by atoms with Gasteiger partial charge in [-0.05, 0) is 37.2 Å². The van der Waals surface area contributed by atoms with Crippen molar-refractivity contribution in [1.29, 1.82) is 0 Å². The Bertz CT molecular complexity index is 442. The maximum atomic E-state index is 12.3. The number of anilines is 1. The Morgan fingerprint density at radius 2 is 1.86 bits per heavy atom. The highest BCUT2D eigenvalue weighted by Gasteiger charge is 2.23. The van der Waals surface area contributed by atoms with Gasteiger partial charge in [0.1, 0.15) is 12.6 Å². The van der Waals surface area contributed by atoms with Gasteiger partial charge in [-0.25, -0.2) is 0 Å². The van der Waals surface area contributed by atoms with E-state index in [1.54, 1.807) is 0 Å². The van der Waals surface area contributed by atoms with E-state index in [1.807, 2.05) is 50.2 Å². The fraction of sp³-hybridized carbons (Fsp3) is 0.588. The van der Waals surface area contributed by atoms with Crippen molar-refractivity contribution < 1.29 is 9.53 Å². The Kier molecular flexibility index (Phi) is 7.23. The first kappa shape index (κ1) is 17.5. The summed E-state index contributed by atoms with van der Waals surface area (Å²) >= 11 is 0. The Morgan fingerprint density at radius 1 is 1.19 bits per heavy atom. The maximum absolute atomic E-state index is 12.3. The van der Waals surface area contributed by atoms with E-state index in [2.05, 4.69) is 18.7 Å². The van der Waals surface area contributed by atoms with Crippen molar-refractivity contribution in [3.8, 4) is 0 Å². The Morgan fingerprint density at radius 3 is 2.38 bits per heavy atom. The van der Waals surface area contributed by atoms with Gasteiger partial charge < -0.3 is 9.64 Å². The lowest BCUT2D eigenvalue weighted by Crippen LogP contribution is -2.41. The molecule has 1 rings (SSSR count). The molecule has 0 aromatic heterocycles. The standard InChI is InChI=1S/C17H28N2O2/c1-6-16(19(7-2)8-3)17(20)21-13-14-10-9-11-15(12-14)18(4)5/h9-12,16H,6-8,13H2,1-5H3. The second-order valence-corrected chi connectivity index (χ2v) is 5.32. The van der Waals surface area contributed by atoms with E-state index in [0.29, 0.717) is 6.61 Å². The zero-order chi connectivity index (χ0) is 15.8. The van der Waals surface area contributed by atoms with E-state index in [1.165, 1.54) is 0 Å². The minimum absolute atomic E-state index is 0.128. The van der Waals surface area contributed by atoms with Gasteiger partial charge in [0.2, 0.25) is 0 Å². The number of benzene rings is 1. The number of hydrogen-bond acceptors (Lipinski definition) is 4. The zero-order valence-corrected chi connectivity index (χ0v) is 13.9. The normalized spacial score (nSPS) is 12.3. The highest BCUT2D eigenvalue weighted by molar-refractivity contribution is 5.75. The van der Waals surface area contributed by atoms with Crippen LogP contribution in [0.3, 0.4) is 0 Å². The smallest absolute Gasteiger partial charge is 0.323 e. The Hall–Kier alpha value is -1.55. The van der Waals surface area contributed by atoms with Gasteiger partial charge in [0.15, 0.2) is 0 Å². The molecule has 0 bridgehead atoms. The number of ether oxygens (including phenoxy) is 1. The molecular formula is C17H28N2O2. The molecule has 0 N–H and O–H groups in total. The molecule has 0 aliphatic rings. The average Bonchev–Trinajstić information content (AvgIpc) is 2.50. The average molecular weight is 292 g/mol. The number of carbonyl (C=O) groups is 1. The lowest BCUT2D eigenvalue weighted by molar-refractivity contribution is -0.151. The van der Waals surface area contributed by atoms with Crippen molar-refractivity contribution in [2.45, 2.75) is 39.8 Å². The molecule has 0 amide bonds. The summed E-state index contributed by atoms with van der Waals surface area (Å²) in [5.74, 6) is -0.128. The number of rotatable bonds is 8. The van der Waals surface area contributed by atoms with Crippen LogP contribution in [0.15, 0.2) is 24.3 Å². The quantitative estimate of drug-likeness (QED) is 0.690. The van der Waals surface area contributed by atoms with Crippen LogP contribution in [0.2, 0.25) is 0 Å². The van der Waals surface area contributed by atoms with Crippen LogP contribution in [0.1, 0.15) is 32.8 Å². The third kappa shape index (κ3) is 5.05. The minimum Gasteiger partial charge on any atom is -0.460 e. The molecule has 1 unspecified atom stereocenters. The second-order valence-electron chi connectivity index (χ2n) is 5.32. The topological polar surface area (TPSA) is 32.8 Å². The molecule has 0 aliphatic heterocycles. The monoisotopic (exact) mass is 292 g/mol. The third-order valence-corrected chi connectivity index (χ3v) is 3.72. The first-order valence-electron chi connectivity index (χ1n) is 7.70. The van der Waals surface area contributed by atoms with Crippen LogP contribution >= 0.6 is 0 Å². The number of carbonyl (C=O) groups excluding carboxylic acids is 1. The molecule has 1 aromatic rings. The molecule has 0 fully saturated rings. The van der Waals surface area contributed by atoms with Crippen molar-refractivity contribution in [2.75, 3.05) is 32.1 Å². The second kappa shape index (κ2) is 8.67. The van der Waals surface area contributed by atoms with Gasteiger partial charge in [-0.3, -0.25) is 9.69 Å². The number of esters is 1. The lowest BCUT2D eigenvalue weighted by Gasteiger charge is -2.26. The molecule has 0 saturated heterocycles. The first-order valence-corrected chi connectivity index (χ1v) is 7.70. The van der Waals surface area contributed by atoms with Crippen LogP contribution < -0.4 is 4.90 Å². The largest absolute Gasteiger partial charge is 0.460 e. The molecule has 0 saturated carbocycles. The first-order chi connectivity index (χ1) is 10.0. The summed E-state index contributed by atoms with van der Waals surface area (Å²) in [5.41, 5.74) is 2.13. The summed E-state index contributed by atoms with van der Waals surface area (Å²) in [5, 5.41) is 0. The molecule has 4 nitrogen and oxygen atoms in total. The van der Waals surface area contributed by atoms with Crippen LogP contribution in [0.4, 0.5) is 5.69 Å². The predicted molar refractivity (Wildman–Crippen MR) is 87.6 cm³/mol. The minimum atomic E-state index is -0.142. The Labute approximate surface area is 128 Å². The molecular weight excluding hydrogens is 264 g/mol. The molecule has 0 radical (unpaired) electrons. The highest BCUT2D eigenvalue weighted by atomic mass is 16.5. The maximum Gasteiger partial charge on any atom is 0.323 e. The van der Waals surface area contributed by atoms with E-state index in [9.17, 15) is 4.79 Å². The van der Waals surface area contributed by atoms with Crippen molar-refractivity contribution in [3.05, 3.63) is 29.8 Å². The van der Waals surface area contributed by atoms with Gasteiger partial charge in [0.05, 0.1) is 0 Å². The molecule has 0 aliphatic carbocycles. The van der Waals surface area contributed by atoms with Gasteiger partial charge in [-0.1, -0.05) is 32.9 Å². The van der Waals surface area contributed by atoms with Crippen molar-refractivity contribution in [2.24, 2.45) is 0 Å². The van der Waals surface area contributed by atoms with E-state index in [4.69, 9.17) is 4.74 Å². The summed E-state index contributed by atoms with van der Waals surface area (Å²) in [6, 6.07) is 7.91. The molecule has 21 heavy (non-hydrogen) atoms. The van der Waals surface area contributed by atoms with Gasteiger partial charge >= 0.3 is 5.97 Å². The van der Waals surface area contributed by atoms with Gasteiger partial charge in [0, 0.05) is 19.8 Å². The van der Waals surface area contributed by atoms with Gasteiger partial charge in [-0.2, -0.15) is 0 Å². The van der Waals surface area contributed by atoms with Crippen LogP contribution in [0.5, 0.6) is 0 Å². The lowest BCUT2D eigenvalue weighted by atomic mass is 10.2. The van der Waals surface area contributed by atoms with Crippen LogP contribution in [-0.4, -0.2) is 44.1 Å². The van der Waals surface area contributed by atoms with Crippen LogP contribution in [0.25, 0.3) is 0 Å². The van der Waals surface area contributed by atoms with Crippen LogP contribution in [-0.2, 0) is 16.1 Å². The summed E-state index contributed by atoms with van der Waals surface area (Å²) in [6.45, 7) is 8.22. The number of likely N-dealkylation sites (N-methyl/N-ethyl adjacent to an activating group) is 1. The number of nitrogens with zero attached hydrogens (tertiary/aromatic N) is 2. The van der Waals surface area contributed by atoms with E-state index < -0.39 is 0 Å². The molecule has 1 atom stereocenters. The van der Waals surface area contributed by atoms with E-state index in [-0.39, 0.29) is 12.0 Å².